The number of rotatable bonds is 5. The molecule has 0 spiro atoms. The lowest BCUT2D eigenvalue weighted by molar-refractivity contribution is 0.0851. The van der Waals surface area contributed by atoms with Crippen LogP contribution in [0.4, 0.5) is 0 Å². The summed E-state index contributed by atoms with van der Waals surface area (Å²) >= 11 is 0. The monoisotopic (exact) mass is 272 g/mol. The van der Waals surface area contributed by atoms with Crippen molar-refractivity contribution in [3.8, 4) is 0 Å². The lowest BCUT2D eigenvalue weighted by Crippen LogP contribution is -2.24. The van der Waals surface area contributed by atoms with Gasteiger partial charge in [0, 0.05) is 18.3 Å². The van der Waals surface area contributed by atoms with Crippen molar-refractivity contribution in [2.75, 3.05) is 0 Å². The molecule has 0 saturated heterocycles. The van der Waals surface area contributed by atoms with Crippen molar-refractivity contribution in [1.29, 1.82) is 0 Å². The van der Waals surface area contributed by atoms with Crippen LogP contribution in [-0.4, -0.2) is 14.7 Å². The summed E-state index contributed by atoms with van der Waals surface area (Å²) in [7, 11) is 0. The number of aromatic nitrogens is 2. The molecule has 2 aromatic rings. The summed E-state index contributed by atoms with van der Waals surface area (Å²) in [5.74, 6) is 1.69. The fourth-order valence-electron chi connectivity index (χ4n) is 2.71. The van der Waals surface area contributed by atoms with Gasteiger partial charge in [0.2, 0.25) is 0 Å². The Hall–Kier alpha value is -1.61. The molecule has 2 atom stereocenters. The molecule has 0 aliphatic heterocycles. The molecule has 108 valence electrons. The van der Waals surface area contributed by atoms with E-state index >= 15 is 0 Å². The Balaban J connectivity index is 2.39. The van der Waals surface area contributed by atoms with Crippen molar-refractivity contribution in [3.63, 3.8) is 0 Å². The second-order valence-electron chi connectivity index (χ2n) is 5.94. The third-order valence-corrected chi connectivity index (χ3v) is 3.68. The fraction of sp³-hybridized carbons (Fsp3) is 0.471. The molecule has 1 N–H and O–H groups in total. The van der Waals surface area contributed by atoms with Crippen LogP contribution < -0.4 is 0 Å². The van der Waals surface area contributed by atoms with Gasteiger partial charge in [-0.3, -0.25) is 0 Å². The van der Waals surface area contributed by atoms with Crippen LogP contribution >= 0.6 is 0 Å². The molecule has 2 unspecified atom stereocenters. The van der Waals surface area contributed by atoms with Crippen LogP contribution in [-0.2, 0) is 0 Å². The molecular weight excluding hydrogens is 248 g/mol. The third-order valence-electron chi connectivity index (χ3n) is 3.68. The molecule has 1 heterocycles. The fourth-order valence-corrected chi connectivity index (χ4v) is 2.71. The quantitative estimate of drug-likeness (QED) is 0.895. The molecule has 0 amide bonds. The summed E-state index contributed by atoms with van der Waals surface area (Å²) < 4.78 is 2.13. The van der Waals surface area contributed by atoms with Crippen LogP contribution in [0.3, 0.4) is 0 Å². The van der Waals surface area contributed by atoms with Crippen LogP contribution in [0.2, 0.25) is 0 Å². The molecule has 2 rings (SSSR count). The molecule has 20 heavy (non-hydrogen) atoms. The van der Waals surface area contributed by atoms with Crippen molar-refractivity contribution in [2.24, 2.45) is 5.92 Å². The van der Waals surface area contributed by atoms with E-state index in [9.17, 15) is 5.11 Å². The highest BCUT2D eigenvalue weighted by molar-refractivity contribution is 5.19. The van der Waals surface area contributed by atoms with Gasteiger partial charge in [-0.2, -0.15) is 0 Å². The Labute approximate surface area is 121 Å². The number of imidazole rings is 1. The lowest BCUT2D eigenvalue weighted by atomic mass is 9.92. The van der Waals surface area contributed by atoms with Crippen LogP contribution in [0.25, 0.3) is 0 Å². The highest BCUT2D eigenvalue weighted by Gasteiger charge is 2.27. The second kappa shape index (κ2) is 6.23. The summed E-state index contributed by atoms with van der Waals surface area (Å²) in [6.45, 7) is 8.54. The summed E-state index contributed by atoms with van der Waals surface area (Å²) in [5, 5.41) is 10.8. The van der Waals surface area contributed by atoms with Gasteiger partial charge in [0.25, 0.3) is 0 Å². The number of aliphatic hydroxyl groups is 1. The van der Waals surface area contributed by atoms with Gasteiger partial charge in [-0.05, 0) is 11.5 Å². The zero-order valence-electron chi connectivity index (χ0n) is 12.7. The Kier molecular flexibility index (Phi) is 4.61. The van der Waals surface area contributed by atoms with Crippen LogP contribution in [0.1, 0.15) is 57.1 Å². The van der Waals surface area contributed by atoms with Crippen molar-refractivity contribution in [3.05, 3.63) is 54.1 Å². The van der Waals surface area contributed by atoms with Gasteiger partial charge < -0.3 is 9.67 Å². The molecule has 0 aliphatic rings. The van der Waals surface area contributed by atoms with E-state index in [2.05, 4.69) is 37.2 Å². The number of hydrogen-bond donors (Lipinski definition) is 1. The van der Waals surface area contributed by atoms with Gasteiger partial charge in [0.05, 0.1) is 12.1 Å². The average Bonchev–Trinajstić information content (AvgIpc) is 2.88. The molecule has 0 bridgehead atoms. The van der Waals surface area contributed by atoms with E-state index in [1.807, 2.05) is 42.7 Å². The van der Waals surface area contributed by atoms with Gasteiger partial charge >= 0.3 is 0 Å². The Morgan fingerprint density at radius 2 is 1.70 bits per heavy atom. The van der Waals surface area contributed by atoms with E-state index in [0.717, 1.165) is 11.4 Å². The first-order valence-corrected chi connectivity index (χ1v) is 7.28. The van der Waals surface area contributed by atoms with Gasteiger partial charge in [0.1, 0.15) is 5.82 Å². The van der Waals surface area contributed by atoms with E-state index in [1.165, 1.54) is 0 Å². The van der Waals surface area contributed by atoms with Gasteiger partial charge in [-0.15, -0.1) is 0 Å². The normalized spacial score (nSPS) is 14.8. The minimum absolute atomic E-state index is 0.00250. The Bertz CT molecular complexity index is 531. The van der Waals surface area contributed by atoms with E-state index in [-0.39, 0.29) is 6.04 Å². The van der Waals surface area contributed by atoms with Crippen molar-refractivity contribution in [2.45, 2.75) is 45.8 Å². The first-order valence-electron chi connectivity index (χ1n) is 7.28. The van der Waals surface area contributed by atoms with E-state index in [0.29, 0.717) is 11.8 Å². The van der Waals surface area contributed by atoms with Crippen molar-refractivity contribution >= 4 is 0 Å². The minimum Gasteiger partial charge on any atom is -0.386 e. The molecule has 0 aliphatic carbocycles. The summed E-state index contributed by atoms with van der Waals surface area (Å²) in [4.78, 5) is 4.45. The predicted molar refractivity (Wildman–Crippen MR) is 81.6 cm³/mol. The molecular formula is C17H24N2O. The number of nitrogens with zero attached hydrogens (tertiary/aromatic N) is 2. The maximum absolute atomic E-state index is 10.8. The average molecular weight is 272 g/mol. The maximum Gasteiger partial charge on any atom is 0.111 e. The predicted octanol–water partition coefficient (Wildman–Crippen LogP) is 3.94. The summed E-state index contributed by atoms with van der Waals surface area (Å²) in [6.07, 6.45) is 3.28. The minimum atomic E-state index is -0.525. The molecule has 3 heteroatoms. The number of aliphatic hydroxyl groups excluding tert-OH is 1. The first-order chi connectivity index (χ1) is 9.52. The Morgan fingerprint density at radius 1 is 1.05 bits per heavy atom. The van der Waals surface area contributed by atoms with E-state index in [4.69, 9.17) is 0 Å². The maximum atomic E-state index is 10.8. The molecule has 0 saturated carbocycles. The zero-order chi connectivity index (χ0) is 14.7. The summed E-state index contributed by atoms with van der Waals surface area (Å²) in [6, 6.07) is 9.85. The van der Waals surface area contributed by atoms with Crippen molar-refractivity contribution in [1.82, 2.24) is 9.55 Å². The molecule has 1 aromatic heterocycles. The van der Waals surface area contributed by atoms with Gasteiger partial charge in [-0.1, -0.05) is 58.0 Å². The third kappa shape index (κ3) is 2.93. The molecule has 0 radical (unpaired) electrons. The molecule has 1 aromatic carbocycles. The second-order valence-corrected chi connectivity index (χ2v) is 5.94. The van der Waals surface area contributed by atoms with E-state index < -0.39 is 6.10 Å². The highest BCUT2D eigenvalue weighted by Crippen LogP contribution is 2.34. The lowest BCUT2D eigenvalue weighted by Gasteiger charge is -2.30. The van der Waals surface area contributed by atoms with Crippen LogP contribution in [0, 0.1) is 5.92 Å². The SMILES string of the molecule is CC(C)c1nccn1C(C(C)C)C(O)c1ccccc1. The zero-order valence-corrected chi connectivity index (χ0v) is 12.7. The number of hydrogen-bond acceptors (Lipinski definition) is 2. The molecule has 3 nitrogen and oxygen atoms in total. The Morgan fingerprint density at radius 3 is 2.25 bits per heavy atom. The van der Waals surface area contributed by atoms with Crippen LogP contribution in [0.5, 0.6) is 0 Å². The number of benzene rings is 1. The van der Waals surface area contributed by atoms with Gasteiger partial charge in [-0.25, -0.2) is 4.98 Å². The highest BCUT2D eigenvalue weighted by atomic mass is 16.3. The smallest absolute Gasteiger partial charge is 0.111 e. The first kappa shape index (κ1) is 14.8. The largest absolute Gasteiger partial charge is 0.386 e. The standard InChI is InChI=1S/C17H24N2O/c1-12(2)15(16(20)14-8-6-5-7-9-14)19-11-10-18-17(19)13(3)4/h5-13,15-16,20H,1-4H3. The molecule has 0 fully saturated rings. The summed E-state index contributed by atoms with van der Waals surface area (Å²) in [5.41, 5.74) is 0.953. The van der Waals surface area contributed by atoms with Crippen LogP contribution in [0.15, 0.2) is 42.7 Å². The topological polar surface area (TPSA) is 38.0 Å². The van der Waals surface area contributed by atoms with Gasteiger partial charge in [0.15, 0.2) is 0 Å². The van der Waals surface area contributed by atoms with Crippen molar-refractivity contribution < 1.29 is 5.11 Å². The van der Waals surface area contributed by atoms with E-state index in [1.54, 1.807) is 0 Å².